The molecule has 1 N–H and O–H groups in total. The van der Waals surface area contributed by atoms with Crippen molar-refractivity contribution in [2.75, 3.05) is 21.3 Å². The van der Waals surface area contributed by atoms with Gasteiger partial charge in [-0.3, -0.25) is 0 Å². The first-order chi connectivity index (χ1) is 8.46. The highest BCUT2D eigenvalue weighted by Gasteiger charge is 2.33. The fourth-order valence-corrected chi connectivity index (χ4v) is 1.62. The van der Waals surface area contributed by atoms with Crippen LogP contribution in [0.15, 0.2) is 18.2 Å². The average Bonchev–Trinajstić information content (AvgIpc) is 2.38. The topological polar surface area (TPSA) is 65.0 Å². The number of rotatable bonds is 6. The first kappa shape index (κ1) is 14.3. The van der Waals surface area contributed by atoms with Crippen molar-refractivity contribution in [3.63, 3.8) is 0 Å². The lowest BCUT2D eigenvalue weighted by Crippen LogP contribution is -2.39. The van der Waals surface area contributed by atoms with Gasteiger partial charge in [-0.1, -0.05) is 6.07 Å². The van der Waals surface area contributed by atoms with Crippen LogP contribution in [-0.4, -0.2) is 38.0 Å². The van der Waals surface area contributed by atoms with Gasteiger partial charge in [-0.15, -0.1) is 0 Å². The average molecular weight is 254 g/mol. The van der Waals surface area contributed by atoms with Crippen LogP contribution in [0.5, 0.6) is 11.5 Å². The maximum atomic E-state index is 11.2. The summed E-state index contributed by atoms with van der Waals surface area (Å²) >= 11 is 0. The Hall–Kier alpha value is -1.75. The fraction of sp³-hybridized carbons (Fsp3) is 0.462. The zero-order valence-electron chi connectivity index (χ0n) is 11.0. The number of aliphatic carboxylic acids is 1. The largest absolute Gasteiger partial charge is 0.493 e. The third-order valence-corrected chi connectivity index (χ3v) is 2.89. The van der Waals surface area contributed by atoms with Crippen LogP contribution >= 0.6 is 0 Å². The van der Waals surface area contributed by atoms with E-state index in [-0.39, 0.29) is 6.42 Å². The van der Waals surface area contributed by atoms with E-state index in [2.05, 4.69) is 0 Å². The van der Waals surface area contributed by atoms with Crippen LogP contribution in [0, 0.1) is 0 Å². The molecule has 100 valence electrons. The summed E-state index contributed by atoms with van der Waals surface area (Å²) in [7, 11) is 4.47. The SMILES string of the molecule is COc1ccc(CC(C)(OC)C(=O)O)cc1OC. The fourth-order valence-electron chi connectivity index (χ4n) is 1.62. The monoisotopic (exact) mass is 254 g/mol. The molecular weight excluding hydrogens is 236 g/mol. The van der Waals surface area contributed by atoms with Crippen molar-refractivity contribution in [2.24, 2.45) is 0 Å². The molecule has 0 amide bonds. The normalized spacial score (nSPS) is 13.8. The van der Waals surface area contributed by atoms with E-state index < -0.39 is 11.6 Å². The molecule has 0 aliphatic carbocycles. The Kier molecular flexibility index (Phi) is 4.55. The van der Waals surface area contributed by atoms with E-state index in [1.54, 1.807) is 25.3 Å². The first-order valence-corrected chi connectivity index (χ1v) is 5.46. The highest BCUT2D eigenvalue weighted by molar-refractivity contribution is 5.77. The van der Waals surface area contributed by atoms with E-state index in [4.69, 9.17) is 19.3 Å². The molecule has 1 rings (SSSR count). The lowest BCUT2D eigenvalue weighted by Gasteiger charge is -2.23. The predicted molar refractivity (Wildman–Crippen MR) is 66.3 cm³/mol. The molecule has 0 aliphatic rings. The smallest absolute Gasteiger partial charge is 0.336 e. The van der Waals surface area contributed by atoms with Crippen LogP contribution < -0.4 is 9.47 Å². The Morgan fingerprint density at radius 3 is 2.28 bits per heavy atom. The Bertz CT molecular complexity index is 429. The molecule has 0 heterocycles. The lowest BCUT2D eigenvalue weighted by molar-refractivity contribution is -0.159. The van der Waals surface area contributed by atoms with Gasteiger partial charge < -0.3 is 19.3 Å². The highest BCUT2D eigenvalue weighted by Crippen LogP contribution is 2.29. The van der Waals surface area contributed by atoms with E-state index in [0.717, 1.165) is 5.56 Å². The molecule has 1 aromatic rings. The van der Waals surface area contributed by atoms with Gasteiger partial charge in [-0.2, -0.15) is 0 Å². The van der Waals surface area contributed by atoms with E-state index in [0.29, 0.717) is 11.5 Å². The summed E-state index contributed by atoms with van der Waals surface area (Å²) in [5.41, 5.74) is -0.445. The number of hydrogen-bond acceptors (Lipinski definition) is 4. The maximum absolute atomic E-state index is 11.2. The number of ether oxygens (including phenoxy) is 3. The summed E-state index contributed by atoms with van der Waals surface area (Å²) in [5, 5.41) is 9.14. The van der Waals surface area contributed by atoms with E-state index in [1.807, 2.05) is 0 Å². The zero-order chi connectivity index (χ0) is 13.8. The van der Waals surface area contributed by atoms with E-state index in [9.17, 15) is 4.79 Å². The van der Waals surface area contributed by atoms with Crippen LogP contribution in [0.2, 0.25) is 0 Å². The Morgan fingerprint density at radius 2 is 1.83 bits per heavy atom. The van der Waals surface area contributed by atoms with E-state index in [1.165, 1.54) is 21.1 Å². The summed E-state index contributed by atoms with van der Waals surface area (Å²) < 4.78 is 15.4. The summed E-state index contributed by atoms with van der Waals surface area (Å²) in [4.78, 5) is 11.2. The summed E-state index contributed by atoms with van der Waals surface area (Å²) in [6.45, 7) is 1.53. The third kappa shape index (κ3) is 2.92. The minimum absolute atomic E-state index is 0.249. The molecule has 0 radical (unpaired) electrons. The van der Waals surface area contributed by atoms with Gasteiger partial charge in [0.2, 0.25) is 0 Å². The van der Waals surface area contributed by atoms with Crippen LogP contribution in [0.25, 0.3) is 0 Å². The molecule has 0 saturated heterocycles. The van der Waals surface area contributed by atoms with Gasteiger partial charge in [-0.25, -0.2) is 4.79 Å². The quantitative estimate of drug-likeness (QED) is 0.837. The van der Waals surface area contributed by atoms with Crippen molar-refractivity contribution < 1.29 is 24.1 Å². The van der Waals surface area contributed by atoms with Crippen molar-refractivity contribution in [3.8, 4) is 11.5 Å². The molecule has 1 atom stereocenters. The van der Waals surface area contributed by atoms with Gasteiger partial charge in [-0.05, 0) is 24.6 Å². The molecule has 5 nitrogen and oxygen atoms in total. The molecule has 0 spiro atoms. The molecule has 1 aromatic carbocycles. The second-order valence-corrected chi connectivity index (χ2v) is 4.11. The van der Waals surface area contributed by atoms with Gasteiger partial charge in [0.1, 0.15) is 0 Å². The molecule has 0 aliphatic heterocycles. The van der Waals surface area contributed by atoms with Gasteiger partial charge in [0.25, 0.3) is 0 Å². The first-order valence-electron chi connectivity index (χ1n) is 5.46. The Morgan fingerprint density at radius 1 is 1.22 bits per heavy atom. The molecule has 5 heteroatoms. The summed E-state index contributed by atoms with van der Waals surface area (Å²) in [5.74, 6) is 0.175. The number of carbonyl (C=O) groups is 1. The minimum atomic E-state index is -1.25. The van der Waals surface area contributed by atoms with Gasteiger partial charge in [0.05, 0.1) is 14.2 Å². The third-order valence-electron chi connectivity index (χ3n) is 2.89. The van der Waals surface area contributed by atoms with Crippen molar-refractivity contribution in [1.29, 1.82) is 0 Å². The summed E-state index contributed by atoms with van der Waals surface area (Å²) in [6.07, 6.45) is 0.249. The van der Waals surface area contributed by atoms with Crippen LogP contribution in [-0.2, 0) is 16.0 Å². The van der Waals surface area contributed by atoms with Crippen LogP contribution in [0.1, 0.15) is 12.5 Å². The predicted octanol–water partition coefficient (Wildman–Crippen LogP) is 1.74. The minimum Gasteiger partial charge on any atom is -0.493 e. The molecule has 0 aromatic heterocycles. The second-order valence-electron chi connectivity index (χ2n) is 4.11. The second kappa shape index (κ2) is 5.73. The standard InChI is InChI=1S/C13H18O5/c1-13(18-4,12(14)15)8-9-5-6-10(16-2)11(7-9)17-3/h5-7H,8H2,1-4H3,(H,14,15). The number of hydrogen-bond donors (Lipinski definition) is 1. The zero-order valence-corrected chi connectivity index (χ0v) is 11.0. The molecule has 18 heavy (non-hydrogen) atoms. The molecular formula is C13H18O5. The number of carboxylic acids is 1. The number of methoxy groups -OCH3 is 3. The van der Waals surface area contributed by atoms with E-state index >= 15 is 0 Å². The van der Waals surface area contributed by atoms with Crippen LogP contribution in [0.3, 0.4) is 0 Å². The number of carboxylic acid groups (broad SMARTS) is 1. The molecule has 0 fully saturated rings. The number of benzene rings is 1. The Balaban J connectivity index is 3.01. The molecule has 0 saturated carbocycles. The van der Waals surface area contributed by atoms with Gasteiger partial charge in [0, 0.05) is 13.5 Å². The highest BCUT2D eigenvalue weighted by atomic mass is 16.5. The van der Waals surface area contributed by atoms with Crippen molar-refractivity contribution in [3.05, 3.63) is 23.8 Å². The van der Waals surface area contributed by atoms with Crippen LogP contribution in [0.4, 0.5) is 0 Å². The van der Waals surface area contributed by atoms with Crippen molar-refractivity contribution in [1.82, 2.24) is 0 Å². The van der Waals surface area contributed by atoms with Gasteiger partial charge >= 0.3 is 5.97 Å². The lowest BCUT2D eigenvalue weighted by atomic mass is 9.96. The summed E-state index contributed by atoms with van der Waals surface area (Å²) in [6, 6.07) is 5.28. The Labute approximate surface area is 106 Å². The molecule has 0 bridgehead atoms. The molecule has 1 unspecified atom stereocenters. The van der Waals surface area contributed by atoms with Crippen molar-refractivity contribution >= 4 is 5.97 Å². The maximum Gasteiger partial charge on any atom is 0.336 e. The van der Waals surface area contributed by atoms with Crippen molar-refractivity contribution in [2.45, 2.75) is 18.9 Å². The van der Waals surface area contributed by atoms with Gasteiger partial charge in [0.15, 0.2) is 17.1 Å².